The summed E-state index contributed by atoms with van der Waals surface area (Å²) >= 11 is 0. The summed E-state index contributed by atoms with van der Waals surface area (Å²) in [7, 11) is 0. The number of halogens is 1. The van der Waals surface area contributed by atoms with Gasteiger partial charge in [0.1, 0.15) is 17.6 Å². The van der Waals surface area contributed by atoms with Crippen LogP contribution in [0.25, 0.3) is 11.4 Å². The largest absolute Gasteiger partial charge is 0.436 e. The van der Waals surface area contributed by atoms with Gasteiger partial charge in [0, 0.05) is 36.6 Å². The first kappa shape index (κ1) is 18.6. The smallest absolute Gasteiger partial charge is 0.415 e. The molecule has 3 aromatic rings. The van der Waals surface area contributed by atoms with E-state index in [4.69, 9.17) is 4.74 Å². The molecule has 10 nitrogen and oxygen atoms in total. The highest BCUT2D eigenvalue weighted by molar-refractivity contribution is 5.54. The first-order valence-corrected chi connectivity index (χ1v) is 9.50. The van der Waals surface area contributed by atoms with Crippen molar-refractivity contribution >= 4 is 5.82 Å². The molecule has 0 spiro atoms. The predicted octanol–water partition coefficient (Wildman–Crippen LogP) is 1.99. The molecule has 0 fully saturated rings. The Labute approximate surface area is 170 Å². The first-order chi connectivity index (χ1) is 14.4. The van der Waals surface area contributed by atoms with E-state index < -0.39 is 10.5 Å². The molecule has 0 bridgehead atoms. The van der Waals surface area contributed by atoms with Crippen LogP contribution < -0.4 is 4.74 Å². The van der Waals surface area contributed by atoms with Gasteiger partial charge in [0.05, 0.1) is 17.9 Å². The molecule has 2 aliphatic rings. The molecule has 0 saturated heterocycles. The number of nitro groups is 1. The second-order valence-corrected chi connectivity index (χ2v) is 7.82. The number of hydrogen-bond donors (Lipinski definition) is 0. The Hall–Kier alpha value is -3.47. The van der Waals surface area contributed by atoms with Crippen LogP contribution in [0.4, 0.5) is 10.2 Å². The van der Waals surface area contributed by atoms with Crippen LogP contribution in [0.3, 0.4) is 0 Å². The topological polar surface area (TPSA) is 112 Å². The molecule has 30 heavy (non-hydrogen) atoms. The van der Waals surface area contributed by atoms with Gasteiger partial charge in [-0.15, -0.1) is 5.10 Å². The van der Waals surface area contributed by atoms with Crippen molar-refractivity contribution in [2.75, 3.05) is 13.1 Å². The quantitative estimate of drug-likeness (QED) is 0.473. The Morgan fingerprint density at radius 1 is 1.23 bits per heavy atom. The fraction of sp³-hybridized carbons (Fsp3) is 0.368. The van der Waals surface area contributed by atoms with E-state index in [2.05, 4.69) is 25.1 Å². The lowest BCUT2D eigenvalue weighted by Crippen LogP contribution is -2.46. The average molecular weight is 411 g/mol. The molecule has 11 heteroatoms. The molecule has 0 N–H and O–H groups in total. The van der Waals surface area contributed by atoms with Gasteiger partial charge in [-0.25, -0.2) is 9.37 Å². The summed E-state index contributed by atoms with van der Waals surface area (Å²) in [5.41, 5.74) is 1.89. The summed E-state index contributed by atoms with van der Waals surface area (Å²) in [5.74, 6) is -0.0305. The van der Waals surface area contributed by atoms with Crippen LogP contribution in [0.2, 0.25) is 0 Å². The Kier molecular flexibility index (Phi) is 4.21. The Morgan fingerprint density at radius 2 is 2.03 bits per heavy atom. The van der Waals surface area contributed by atoms with E-state index in [0.29, 0.717) is 31.9 Å². The average Bonchev–Trinajstić information content (AvgIpc) is 3.23. The van der Waals surface area contributed by atoms with Crippen molar-refractivity contribution in [1.82, 2.24) is 29.6 Å². The Bertz CT molecular complexity index is 1110. The van der Waals surface area contributed by atoms with Crippen molar-refractivity contribution in [1.29, 1.82) is 0 Å². The van der Waals surface area contributed by atoms with Gasteiger partial charge < -0.3 is 14.9 Å². The number of hydrogen-bond acceptors (Lipinski definition) is 8. The van der Waals surface area contributed by atoms with Crippen molar-refractivity contribution in [3.63, 3.8) is 0 Å². The first-order valence-electron chi connectivity index (χ1n) is 9.50. The molecule has 5 rings (SSSR count). The maximum Gasteiger partial charge on any atom is 0.415 e. The van der Waals surface area contributed by atoms with Crippen LogP contribution in [0.15, 0.2) is 30.5 Å². The molecule has 0 unspecified atom stereocenters. The van der Waals surface area contributed by atoms with Crippen LogP contribution in [-0.2, 0) is 19.5 Å². The zero-order chi connectivity index (χ0) is 20.9. The van der Waals surface area contributed by atoms with Crippen LogP contribution in [0, 0.1) is 15.9 Å². The van der Waals surface area contributed by atoms with Gasteiger partial charge in [0.2, 0.25) is 0 Å². The molecule has 2 aromatic heterocycles. The van der Waals surface area contributed by atoms with Crippen molar-refractivity contribution in [3.05, 3.63) is 57.8 Å². The highest BCUT2D eigenvalue weighted by Crippen LogP contribution is 2.32. The van der Waals surface area contributed by atoms with E-state index in [1.807, 2.05) is 6.92 Å². The zero-order valence-corrected chi connectivity index (χ0v) is 16.2. The standard InChI is InChI=1S/C19H18FN7O3/c1-19(11-26-9-16(27(28)29)22-18(26)30-19)10-25-7-6-14-15(8-25)23-24-17(21-14)12-2-4-13(20)5-3-12/h2-5,9H,6-8,10-11H2,1H3/t19-/m0/s1. The molecule has 154 valence electrons. The molecule has 2 aliphatic heterocycles. The predicted molar refractivity (Wildman–Crippen MR) is 102 cm³/mol. The summed E-state index contributed by atoms with van der Waals surface area (Å²) in [6.07, 6.45) is 2.11. The van der Waals surface area contributed by atoms with Crippen LogP contribution in [-0.4, -0.2) is 53.2 Å². The summed E-state index contributed by atoms with van der Waals surface area (Å²) < 4.78 is 20.7. The maximum atomic E-state index is 13.1. The molecule has 0 saturated carbocycles. The van der Waals surface area contributed by atoms with E-state index in [1.54, 1.807) is 16.7 Å². The van der Waals surface area contributed by atoms with E-state index in [-0.39, 0.29) is 17.6 Å². The van der Waals surface area contributed by atoms with E-state index in [1.165, 1.54) is 18.3 Å². The van der Waals surface area contributed by atoms with Gasteiger partial charge in [0.25, 0.3) is 0 Å². The highest BCUT2D eigenvalue weighted by Gasteiger charge is 2.42. The summed E-state index contributed by atoms with van der Waals surface area (Å²) in [6, 6.07) is 6.30. The van der Waals surface area contributed by atoms with Gasteiger partial charge >= 0.3 is 11.8 Å². The monoisotopic (exact) mass is 411 g/mol. The fourth-order valence-electron chi connectivity index (χ4n) is 3.95. The Morgan fingerprint density at radius 3 is 2.77 bits per heavy atom. The van der Waals surface area contributed by atoms with Gasteiger partial charge in [0.15, 0.2) is 5.82 Å². The van der Waals surface area contributed by atoms with Gasteiger partial charge in [-0.2, -0.15) is 5.10 Å². The number of ether oxygens (including phenoxy) is 1. The highest BCUT2D eigenvalue weighted by atomic mass is 19.1. The van der Waals surface area contributed by atoms with Crippen LogP contribution >= 0.6 is 0 Å². The summed E-state index contributed by atoms with van der Waals surface area (Å²) in [6.45, 7) is 4.42. The van der Waals surface area contributed by atoms with E-state index in [0.717, 1.165) is 23.5 Å². The third-order valence-corrected chi connectivity index (χ3v) is 5.29. The maximum absolute atomic E-state index is 13.1. The minimum absolute atomic E-state index is 0.211. The number of rotatable bonds is 4. The van der Waals surface area contributed by atoms with E-state index >= 15 is 0 Å². The number of benzene rings is 1. The molecule has 0 aliphatic carbocycles. The number of imidazole rings is 1. The third kappa shape index (κ3) is 3.36. The summed E-state index contributed by atoms with van der Waals surface area (Å²) in [5, 5.41) is 19.4. The van der Waals surface area contributed by atoms with Crippen molar-refractivity contribution < 1.29 is 14.1 Å². The summed E-state index contributed by atoms with van der Waals surface area (Å²) in [4.78, 5) is 21.1. The molecule has 0 radical (unpaired) electrons. The van der Waals surface area contributed by atoms with Crippen molar-refractivity contribution in [2.45, 2.75) is 32.0 Å². The van der Waals surface area contributed by atoms with Gasteiger partial charge in [-0.3, -0.25) is 9.47 Å². The third-order valence-electron chi connectivity index (χ3n) is 5.29. The molecular formula is C19H18FN7O3. The minimum atomic E-state index is -0.538. The number of fused-ring (bicyclic) bond motifs is 2. The SMILES string of the molecule is C[C@]1(CN2CCc3nc(-c4ccc(F)cc4)nnc3C2)Cn2cc([N+](=O)[O-])nc2O1. The van der Waals surface area contributed by atoms with Crippen LogP contribution in [0.5, 0.6) is 6.01 Å². The lowest BCUT2D eigenvalue weighted by atomic mass is 10.0. The number of aromatic nitrogens is 5. The fourth-order valence-corrected chi connectivity index (χ4v) is 3.95. The zero-order valence-electron chi connectivity index (χ0n) is 16.2. The molecule has 1 atom stereocenters. The lowest BCUT2D eigenvalue weighted by Gasteiger charge is -2.33. The van der Waals surface area contributed by atoms with E-state index in [9.17, 15) is 14.5 Å². The van der Waals surface area contributed by atoms with Gasteiger partial charge in [-0.05, 0) is 36.1 Å². The number of nitrogens with zero attached hydrogens (tertiary/aromatic N) is 7. The molecule has 0 amide bonds. The van der Waals surface area contributed by atoms with Crippen molar-refractivity contribution in [3.8, 4) is 17.4 Å². The lowest BCUT2D eigenvalue weighted by molar-refractivity contribution is -0.389. The Balaban J connectivity index is 1.27. The second kappa shape index (κ2) is 6.80. The van der Waals surface area contributed by atoms with Crippen molar-refractivity contribution in [2.24, 2.45) is 0 Å². The molecular weight excluding hydrogens is 393 g/mol. The normalized spacial score (nSPS) is 20.5. The molecule has 4 heterocycles. The molecule has 1 aromatic carbocycles. The van der Waals surface area contributed by atoms with Gasteiger partial charge in [-0.1, -0.05) is 0 Å². The van der Waals surface area contributed by atoms with Crippen LogP contribution in [0.1, 0.15) is 18.3 Å². The second-order valence-electron chi connectivity index (χ2n) is 7.82. The minimum Gasteiger partial charge on any atom is -0.436 e.